The summed E-state index contributed by atoms with van der Waals surface area (Å²) >= 11 is 0. The zero-order valence-corrected chi connectivity index (χ0v) is 12.4. The normalized spacial score (nSPS) is 40.1. The minimum Gasteiger partial charge on any atom is -0.212 e. The van der Waals surface area contributed by atoms with E-state index in [0.717, 1.165) is 12.8 Å². The van der Waals surface area contributed by atoms with E-state index in [1.807, 2.05) is 0 Å². The Kier molecular flexibility index (Phi) is 2.91. The molecule has 0 aromatic heterocycles. The molecule has 2 fully saturated rings. The van der Waals surface area contributed by atoms with E-state index in [2.05, 4.69) is 25.5 Å². The molecule has 2 aliphatic carbocycles. The number of hydrogen-bond donors (Lipinski definition) is 1. The van der Waals surface area contributed by atoms with Gasteiger partial charge in [-0.2, -0.15) is 0 Å². The molecule has 2 saturated carbocycles. The van der Waals surface area contributed by atoms with Crippen LogP contribution in [0.5, 0.6) is 0 Å². The Labute approximate surface area is 105 Å². The van der Waals surface area contributed by atoms with E-state index >= 15 is 0 Å². The second-order valence-corrected chi connectivity index (χ2v) is 9.14. The molecule has 0 aromatic carbocycles. The molecular formula is C13H25NO2S. The highest BCUT2D eigenvalue weighted by Crippen LogP contribution is 2.65. The average molecular weight is 259 g/mol. The molecule has 0 heterocycles. The highest BCUT2D eigenvalue weighted by molar-refractivity contribution is 7.90. The molecule has 1 N–H and O–H groups in total. The zero-order chi connectivity index (χ0) is 13.1. The third-order valence-corrected chi connectivity index (χ3v) is 7.58. The predicted molar refractivity (Wildman–Crippen MR) is 70.2 cm³/mol. The quantitative estimate of drug-likeness (QED) is 0.846. The molecule has 0 radical (unpaired) electrons. The monoisotopic (exact) mass is 259 g/mol. The third kappa shape index (κ3) is 1.75. The van der Waals surface area contributed by atoms with Crippen molar-refractivity contribution in [3.63, 3.8) is 0 Å². The summed E-state index contributed by atoms with van der Waals surface area (Å²) in [5.74, 6) is 0.673. The van der Waals surface area contributed by atoms with E-state index < -0.39 is 10.0 Å². The summed E-state index contributed by atoms with van der Waals surface area (Å²) in [6, 6.07) is 0.128. The minimum atomic E-state index is -3.14. The van der Waals surface area contributed by atoms with Gasteiger partial charge in [-0.15, -0.1) is 0 Å². The van der Waals surface area contributed by atoms with Crippen molar-refractivity contribution in [3.05, 3.63) is 0 Å². The Morgan fingerprint density at radius 3 is 2.18 bits per heavy atom. The van der Waals surface area contributed by atoms with Gasteiger partial charge in [0, 0.05) is 6.04 Å². The van der Waals surface area contributed by atoms with Crippen molar-refractivity contribution in [3.8, 4) is 0 Å². The van der Waals surface area contributed by atoms with Crippen LogP contribution in [0.2, 0.25) is 0 Å². The Hall–Kier alpha value is -0.0900. The van der Waals surface area contributed by atoms with E-state index in [9.17, 15) is 8.42 Å². The van der Waals surface area contributed by atoms with Crippen molar-refractivity contribution in [1.29, 1.82) is 0 Å². The molecule has 2 bridgehead atoms. The van der Waals surface area contributed by atoms with Crippen LogP contribution in [0.1, 0.15) is 53.9 Å². The predicted octanol–water partition coefficient (Wildman–Crippen LogP) is 2.53. The van der Waals surface area contributed by atoms with Gasteiger partial charge in [-0.3, -0.25) is 0 Å². The lowest BCUT2D eigenvalue weighted by Gasteiger charge is -2.39. The fourth-order valence-corrected chi connectivity index (χ4v) is 4.74. The topological polar surface area (TPSA) is 46.2 Å². The maximum absolute atomic E-state index is 12.0. The summed E-state index contributed by atoms with van der Waals surface area (Å²) in [4.78, 5) is 0. The second kappa shape index (κ2) is 3.70. The molecule has 2 rings (SSSR count). The lowest BCUT2D eigenvalue weighted by molar-refractivity contribution is 0.130. The van der Waals surface area contributed by atoms with Crippen LogP contribution in [-0.2, 0) is 10.0 Å². The number of hydrogen-bond acceptors (Lipinski definition) is 2. The van der Waals surface area contributed by atoms with Crippen molar-refractivity contribution in [2.75, 3.05) is 0 Å². The molecule has 0 amide bonds. The Bertz CT molecular complexity index is 413. The van der Waals surface area contributed by atoms with E-state index in [4.69, 9.17) is 0 Å². The fourth-order valence-electron chi connectivity index (χ4n) is 3.72. The molecular weight excluding hydrogens is 234 g/mol. The lowest BCUT2D eigenvalue weighted by atomic mass is 9.69. The van der Waals surface area contributed by atoms with Gasteiger partial charge in [-0.1, -0.05) is 20.8 Å². The van der Waals surface area contributed by atoms with E-state index in [0.29, 0.717) is 5.92 Å². The van der Waals surface area contributed by atoms with Gasteiger partial charge in [0.15, 0.2) is 0 Å². The molecule has 100 valence electrons. The minimum absolute atomic E-state index is 0.125. The molecule has 3 nitrogen and oxygen atoms in total. The van der Waals surface area contributed by atoms with Gasteiger partial charge in [0.25, 0.3) is 0 Å². The highest BCUT2D eigenvalue weighted by Gasteiger charge is 2.61. The number of fused-ring (bicyclic) bond motifs is 2. The van der Waals surface area contributed by atoms with Crippen LogP contribution in [0.4, 0.5) is 0 Å². The third-order valence-electron chi connectivity index (χ3n) is 5.72. The van der Waals surface area contributed by atoms with Gasteiger partial charge in [-0.25, -0.2) is 13.1 Å². The van der Waals surface area contributed by atoms with Gasteiger partial charge in [-0.05, 0) is 49.9 Å². The second-order valence-electron chi connectivity index (χ2n) is 6.87. The summed E-state index contributed by atoms with van der Waals surface area (Å²) in [6.45, 7) is 10.3. The van der Waals surface area contributed by atoms with E-state index in [1.165, 1.54) is 6.42 Å². The Balaban J connectivity index is 2.22. The molecule has 0 aliphatic heterocycles. The largest absolute Gasteiger partial charge is 0.214 e. The van der Waals surface area contributed by atoms with Crippen LogP contribution in [0.15, 0.2) is 0 Å². The number of rotatable bonds is 3. The Morgan fingerprint density at radius 1 is 1.24 bits per heavy atom. The van der Waals surface area contributed by atoms with Crippen LogP contribution in [0, 0.1) is 16.7 Å². The van der Waals surface area contributed by atoms with Gasteiger partial charge in [0.05, 0.1) is 5.25 Å². The molecule has 4 heteroatoms. The van der Waals surface area contributed by atoms with Crippen molar-refractivity contribution in [1.82, 2.24) is 4.72 Å². The van der Waals surface area contributed by atoms with Gasteiger partial charge < -0.3 is 0 Å². The molecule has 0 saturated heterocycles. The van der Waals surface area contributed by atoms with Gasteiger partial charge >= 0.3 is 0 Å². The SMILES string of the molecule is CC(C)S(=O)(=O)NC1CC2CCC1(C)C2(C)C. The summed E-state index contributed by atoms with van der Waals surface area (Å²) in [6.07, 6.45) is 3.41. The summed E-state index contributed by atoms with van der Waals surface area (Å²) in [5.41, 5.74) is 0.386. The number of nitrogens with one attached hydrogen (secondary N) is 1. The first-order valence-corrected chi connectivity index (χ1v) is 8.17. The van der Waals surface area contributed by atoms with E-state index in [-0.39, 0.29) is 22.1 Å². The summed E-state index contributed by atoms with van der Waals surface area (Å²) < 4.78 is 27.0. The molecule has 17 heavy (non-hydrogen) atoms. The smallest absolute Gasteiger partial charge is 0.212 e. The first-order chi connectivity index (χ1) is 7.61. The first kappa shape index (κ1) is 13.3. The standard InChI is InChI=1S/C13H25NO2S/c1-9(2)17(15,16)14-11-8-10-6-7-13(11,5)12(10,3)4/h9-11,14H,6-8H2,1-5H3. The van der Waals surface area contributed by atoms with Crippen LogP contribution in [-0.4, -0.2) is 19.7 Å². The molecule has 3 atom stereocenters. The van der Waals surface area contributed by atoms with Crippen molar-refractivity contribution in [2.45, 2.75) is 65.2 Å². The van der Waals surface area contributed by atoms with Crippen LogP contribution < -0.4 is 4.72 Å². The zero-order valence-electron chi connectivity index (χ0n) is 11.6. The maximum atomic E-state index is 12.0. The molecule has 0 spiro atoms. The van der Waals surface area contributed by atoms with Crippen LogP contribution in [0.3, 0.4) is 0 Å². The molecule has 0 aromatic rings. The van der Waals surface area contributed by atoms with E-state index in [1.54, 1.807) is 13.8 Å². The number of sulfonamides is 1. The van der Waals surface area contributed by atoms with Gasteiger partial charge in [0.2, 0.25) is 10.0 Å². The van der Waals surface area contributed by atoms with Gasteiger partial charge in [0.1, 0.15) is 0 Å². The first-order valence-electron chi connectivity index (χ1n) is 6.62. The van der Waals surface area contributed by atoms with Crippen LogP contribution >= 0.6 is 0 Å². The molecule has 3 unspecified atom stereocenters. The van der Waals surface area contributed by atoms with Crippen molar-refractivity contribution in [2.24, 2.45) is 16.7 Å². The van der Waals surface area contributed by atoms with Crippen molar-refractivity contribution >= 4 is 10.0 Å². The lowest BCUT2D eigenvalue weighted by Crippen LogP contribution is -2.48. The highest BCUT2D eigenvalue weighted by atomic mass is 32.2. The fraction of sp³-hybridized carbons (Fsp3) is 1.00. The summed E-state index contributed by atoms with van der Waals surface area (Å²) in [7, 11) is -3.14. The Morgan fingerprint density at radius 2 is 1.82 bits per heavy atom. The van der Waals surface area contributed by atoms with Crippen molar-refractivity contribution < 1.29 is 8.42 Å². The summed E-state index contributed by atoms with van der Waals surface area (Å²) in [5, 5.41) is -0.340. The maximum Gasteiger partial charge on any atom is 0.214 e. The molecule has 2 aliphatic rings. The van der Waals surface area contributed by atoms with Crippen LogP contribution in [0.25, 0.3) is 0 Å². The average Bonchev–Trinajstić information content (AvgIpc) is 2.49.